The smallest absolute Gasteiger partial charge is 0.388 e. The number of aliphatic hydroxyl groups is 1. The summed E-state index contributed by atoms with van der Waals surface area (Å²) in [5, 5.41) is 15.3. The molecule has 2 aromatic carbocycles. The number of amides is 2. The zero-order chi connectivity index (χ0) is 42.3. The Labute approximate surface area is 339 Å². The summed E-state index contributed by atoms with van der Waals surface area (Å²) in [4.78, 5) is 37.1. The van der Waals surface area contributed by atoms with Crippen molar-refractivity contribution < 1.29 is 45.1 Å². The molecule has 4 atom stereocenters. The van der Waals surface area contributed by atoms with Crippen molar-refractivity contribution in [3.63, 3.8) is 0 Å². The van der Waals surface area contributed by atoms with Crippen LogP contribution in [0.5, 0.6) is 0 Å². The van der Waals surface area contributed by atoms with Crippen LogP contribution in [-0.2, 0) is 25.8 Å². The van der Waals surface area contributed by atoms with E-state index in [9.17, 15) is 36.3 Å². The number of hydrogen-bond donors (Lipinski definition) is 4. The van der Waals surface area contributed by atoms with Crippen LogP contribution < -0.4 is 25.2 Å². The number of β-amino-alcohol motifs (C(OH)–C–C–N with tert-alkyl or cyclic N) is 1. The van der Waals surface area contributed by atoms with E-state index < -0.39 is 56.6 Å². The molecule has 7 rings (SSSR count). The number of halogens is 5. The van der Waals surface area contributed by atoms with E-state index in [1.807, 2.05) is 13.0 Å². The first-order chi connectivity index (χ1) is 27.8. The SMILES string of the molecule is C[C@H]1C[C@@H](NS(=O)(=O)c2ccc(Nc3ncc(C(F)(F)F)c(N4CCC[C@](C)(O)C4)n3)c(F)c2)CCN1CC1CCN(c2ccc(C3CCC(=O)NC3=O)c(F)c2)CC1. The van der Waals surface area contributed by atoms with Crippen LogP contribution in [0.15, 0.2) is 47.5 Å². The van der Waals surface area contributed by atoms with E-state index in [1.54, 1.807) is 6.07 Å². The molecule has 4 saturated heterocycles. The van der Waals surface area contributed by atoms with E-state index in [2.05, 4.69) is 35.1 Å². The quantitative estimate of drug-likeness (QED) is 0.152. The van der Waals surface area contributed by atoms with Crippen molar-refractivity contribution >= 4 is 45.0 Å². The summed E-state index contributed by atoms with van der Waals surface area (Å²) in [6.07, 6.45) is -0.00135. The number of hydrogen-bond acceptors (Lipinski definition) is 11. The van der Waals surface area contributed by atoms with Gasteiger partial charge in [-0.15, -0.1) is 0 Å². The minimum atomic E-state index is -4.78. The van der Waals surface area contributed by atoms with E-state index in [4.69, 9.17) is 0 Å². The number of aromatic nitrogens is 2. The molecular formula is C40H49F5N8O5S. The Morgan fingerprint density at radius 3 is 2.41 bits per heavy atom. The fraction of sp³-hybridized carbons (Fsp3) is 0.550. The van der Waals surface area contributed by atoms with Gasteiger partial charge in [0.2, 0.25) is 27.8 Å². The van der Waals surface area contributed by atoms with Gasteiger partial charge in [0.1, 0.15) is 23.0 Å². The lowest BCUT2D eigenvalue weighted by molar-refractivity contribution is -0.138. The minimum Gasteiger partial charge on any atom is -0.388 e. The Morgan fingerprint density at radius 2 is 1.75 bits per heavy atom. The number of benzene rings is 2. The molecule has 2 amide bonds. The van der Waals surface area contributed by atoms with Gasteiger partial charge in [0.25, 0.3) is 0 Å². The number of anilines is 4. The highest BCUT2D eigenvalue weighted by Gasteiger charge is 2.40. The first kappa shape index (κ1) is 42.7. The van der Waals surface area contributed by atoms with Crippen LogP contribution in [0.2, 0.25) is 0 Å². The van der Waals surface area contributed by atoms with Gasteiger partial charge >= 0.3 is 6.18 Å². The Balaban J connectivity index is 0.908. The Kier molecular flexibility index (Phi) is 12.2. The molecule has 4 N–H and O–H groups in total. The summed E-state index contributed by atoms with van der Waals surface area (Å²) in [6.45, 7) is 6.67. The highest BCUT2D eigenvalue weighted by atomic mass is 32.2. The molecule has 0 saturated carbocycles. The molecule has 4 fully saturated rings. The average Bonchev–Trinajstić information content (AvgIpc) is 3.16. The second-order valence-electron chi connectivity index (χ2n) is 16.5. The van der Waals surface area contributed by atoms with Crippen molar-refractivity contribution in [3.05, 3.63) is 65.4 Å². The van der Waals surface area contributed by atoms with Gasteiger partial charge < -0.3 is 25.1 Å². The van der Waals surface area contributed by atoms with E-state index in [-0.39, 0.29) is 60.5 Å². The lowest BCUT2D eigenvalue weighted by atomic mass is 9.89. The Bertz CT molecular complexity index is 2170. The third-order valence-corrected chi connectivity index (χ3v) is 13.5. The van der Waals surface area contributed by atoms with Crippen LogP contribution >= 0.6 is 0 Å². The zero-order valence-corrected chi connectivity index (χ0v) is 33.7. The van der Waals surface area contributed by atoms with Gasteiger partial charge in [-0.2, -0.15) is 18.2 Å². The number of piperidine rings is 4. The fourth-order valence-electron chi connectivity index (χ4n) is 8.74. The number of nitrogens with zero attached hydrogens (tertiary/aromatic N) is 5. The molecular weight excluding hydrogens is 800 g/mol. The summed E-state index contributed by atoms with van der Waals surface area (Å²) < 4.78 is 102. The van der Waals surface area contributed by atoms with Gasteiger partial charge in [-0.25, -0.2) is 26.9 Å². The van der Waals surface area contributed by atoms with Crippen LogP contribution in [-0.4, -0.2) is 97.2 Å². The van der Waals surface area contributed by atoms with Crippen molar-refractivity contribution in [2.24, 2.45) is 5.92 Å². The molecule has 4 aliphatic heterocycles. The van der Waals surface area contributed by atoms with Crippen LogP contribution in [0, 0.1) is 17.6 Å². The van der Waals surface area contributed by atoms with E-state index in [1.165, 1.54) is 30.0 Å². The van der Waals surface area contributed by atoms with Gasteiger partial charge in [-0.05, 0) is 102 Å². The monoisotopic (exact) mass is 848 g/mol. The molecule has 0 aliphatic carbocycles. The second-order valence-corrected chi connectivity index (χ2v) is 18.3. The first-order valence-corrected chi connectivity index (χ1v) is 21.5. The number of sulfonamides is 1. The topological polar surface area (TPSA) is 160 Å². The van der Waals surface area contributed by atoms with Crippen LogP contribution in [0.4, 0.5) is 45.1 Å². The maximum Gasteiger partial charge on any atom is 0.421 e. The maximum absolute atomic E-state index is 15.4. The molecule has 0 radical (unpaired) electrons. The highest BCUT2D eigenvalue weighted by Crippen LogP contribution is 2.38. The summed E-state index contributed by atoms with van der Waals surface area (Å²) >= 11 is 0. The van der Waals surface area contributed by atoms with Crippen molar-refractivity contribution in [1.29, 1.82) is 0 Å². The summed E-state index contributed by atoms with van der Waals surface area (Å²) in [7, 11) is -4.13. The van der Waals surface area contributed by atoms with Crippen molar-refractivity contribution in [2.75, 3.05) is 54.4 Å². The lowest BCUT2D eigenvalue weighted by Gasteiger charge is -2.41. The molecule has 13 nitrogen and oxygen atoms in total. The predicted molar refractivity (Wildman–Crippen MR) is 210 cm³/mol. The second kappa shape index (κ2) is 16.9. The molecule has 0 spiro atoms. The Morgan fingerprint density at radius 1 is 0.983 bits per heavy atom. The molecule has 0 bridgehead atoms. The minimum absolute atomic E-state index is 0.0661. The number of carbonyl (C=O) groups excluding carboxylic acids is 2. The largest absolute Gasteiger partial charge is 0.421 e. The molecule has 59 heavy (non-hydrogen) atoms. The van der Waals surface area contributed by atoms with Crippen molar-refractivity contribution in [2.45, 2.75) is 99.9 Å². The normalized spacial score (nSPS) is 25.3. The lowest BCUT2D eigenvalue weighted by Crippen LogP contribution is -2.50. The molecule has 3 aromatic rings. The van der Waals surface area contributed by atoms with Gasteiger partial charge in [0.05, 0.1) is 22.1 Å². The molecule has 320 valence electrons. The van der Waals surface area contributed by atoms with Gasteiger partial charge in [0.15, 0.2) is 0 Å². The molecule has 4 aliphatic rings. The van der Waals surface area contributed by atoms with Crippen LogP contribution in [0.25, 0.3) is 0 Å². The van der Waals surface area contributed by atoms with Gasteiger partial charge in [0, 0.05) is 68.7 Å². The highest BCUT2D eigenvalue weighted by molar-refractivity contribution is 7.89. The molecule has 1 aromatic heterocycles. The summed E-state index contributed by atoms with van der Waals surface area (Å²) in [5.74, 6) is -3.32. The van der Waals surface area contributed by atoms with Crippen molar-refractivity contribution in [3.8, 4) is 0 Å². The number of alkyl halides is 3. The molecule has 5 heterocycles. The third kappa shape index (κ3) is 9.95. The van der Waals surface area contributed by atoms with Gasteiger partial charge in [-0.3, -0.25) is 14.9 Å². The Hall–Kier alpha value is -4.46. The number of imide groups is 1. The fourth-order valence-corrected chi connectivity index (χ4v) is 10.0. The zero-order valence-electron chi connectivity index (χ0n) is 32.9. The van der Waals surface area contributed by atoms with E-state index >= 15 is 8.78 Å². The van der Waals surface area contributed by atoms with Crippen LogP contribution in [0.1, 0.15) is 82.3 Å². The number of rotatable bonds is 10. The summed E-state index contributed by atoms with van der Waals surface area (Å²) in [5.41, 5.74) is -1.51. The van der Waals surface area contributed by atoms with Crippen molar-refractivity contribution in [1.82, 2.24) is 24.9 Å². The third-order valence-electron chi connectivity index (χ3n) is 12.0. The van der Waals surface area contributed by atoms with E-state index in [0.29, 0.717) is 49.9 Å². The molecule has 1 unspecified atom stereocenters. The number of likely N-dealkylation sites (tertiary alicyclic amines) is 1. The number of carbonyl (C=O) groups is 2. The number of nitrogens with one attached hydrogen (secondary N) is 3. The predicted octanol–water partition coefficient (Wildman–Crippen LogP) is 5.44. The van der Waals surface area contributed by atoms with E-state index in [0.717, 1.165) is 44.2 Å². The standard InChI is InChI=1S/C40H49F5N8O5S/c1-24-18-26(12-17-52(24)22-25-10-15-51(16-11-25)27-4-6-29(32(41)19-27)30-7-9-35(54)48-37(30)55)50-59(57,58)28-5-8-34(33(42)20-28)47-38-46-21-31(40(43,44)45)36(49-38)53-14-3-13-39(2,56)23-53/h4-6,8,19-21,24-26,30,50,56H,3,7,9-18,22-23H2,1-2H3,(H,46,47,49)(H,48,54,55)/t24-,26-,30?,39-/m0/s1. The first-order valence-electron chi connectivity index (χ1n) is 20.0. The summed E-state index contributed by atoms with van der Waals surface area (Å²) in [6, 6.07) is 7.81. The average molecular weight is 849 g/mol. The maximum atomic E-state index is 15.4. The van der Waals surface area contributed by atoms with Gasteiger partial charge in [-0.1, -0.05) is 6.07 Å². The molecule has 19 heteroatoms. The van der Waals surface area contributed by atoms with Crippen LogP contribution in [0.3, 0.4) is 0 Å².